The largest absolute Gasteiger partial charge is 0.320 e. The number of imidazole rings is 1. The number of nitrogens with zero attached hydrogens (tertiary/aromatic N) is 2. The molecule has 0 saturated heterocycles. The molecule has 0 aliphatic heterocycles. The van der Waals surface area contributed by atoms with Crippen molar-refractivity contribution in [1.82, 2.24) is 9.55 Å². The summed E-state index contributed by atoms with van der Waals surface area (Å²) in [6.07, 6.45) is 0. The van der Waals surface area contributed by atoms with E-state index in [1.54, 1.807) is 0 Å². The van der Waals surface area contributed by atoms with Gasteiger partial charge >= 0.3 is 0 Å². The van der Waals surface area contributed by atoms with Crippen LogP contribution in [0.5, 0.6) is 0 Å². The number of hydrogen-bond acceptors (Lipinski definition) is 1. The summed E-state index contributed by atoms with van der Waals surface area (Å²) in [6.45, 7) is 1.82. The molecule has 2 heteroatoms. The van der Waals surface area contributed by atoms with Gasteiger partial charge in [0.2, 0.25) is 0 Å². The van der Waals surface area contributed by atoms with Crippen molar-refractivity contribution in [3.63, 3.8) is 0 Å². The van der Waals surface area contributed by atoms with Crippen LogP contribution in [0.15, 0.2) is 24.3 Å². The highest BCUT2D eigenvalue weighted by molar-refractivity contribution is 5.76. The second-order valence-electron chi connectivity index (χ2n) is 2.86. The van der Waals surface area contributed by atoms with Gasteiger partial charge in [-0.25, -0.2) is 4.98 Å². The molecule has 2 aromatic rings. The zero-order valence-corrected chi connectivity index (χ0v) is 7.70. The Kier molecular flexibility index (Phi) is 1.79. The van der Waals surface area contributed by atoms with Crippen LogP contribution in [-0.4, -0.2) is 9.55 Å². The molecule has 0 unspecified atom stereocenters. The molecule has 1 aromatic carbocycles. The van der Waals surface area contributed by atoms with Gasteiger partial charge in [0.15, 0.2) is 5.82 Å². The minimum Gasteiger partial charge on any atom is -0.320 e. The number of hydrogen-bond donors (Lipinski definition) is 0. The molecule has 64 valence electrons. The molecular formula is C11H10N2. The summed E-state index contributed by atoms with van der Waals surface area (Å²) < 4.78 is 2.01. The fourth-order valence-corrected chi connectivity index (χ4v) is 1.37. The van der Waals surface area contributed by atoms with Crippen LogP contribution in [0, 0.1) is 11.8 Å². The summed E-state index contributed by atoms with van der Waals surface area (Å²) in [7, 11) is 1.98. The third-order valence-electron chi connectivity index (χ3n) is 2.02. The first-order chi connectivity index (χ1) is 6.33. The van der Waals surface area contributed by atoms with Crippen LogP contribution in [0.3, 0.4) is 0 Å². The van der Waals surface area contributed by atoms with Gasteiger partial charge in [0.25, 0.3) is 0 Å². The first-order valence-corrected chi connectivity index (χ1v) is 4.17. The Labute approximate surface area is 77.2 Å². The summed E-state index contributed by atoms with van der Waals surface area (Å²) >= 11 is 0. The Bertz CT molecular complexity index is 498. The minimum absolute atomic E-state index is 0.823. The van der Waals surface area contributed by atoms with Gasteiger partial charge in [0, 0.05) is 7.05 Å². The lowest BCUT2D eigenvalue weighted by atomic mass is 10.3. The van der Waals surface area contributed by atoms with Crippen molar-refractivity contribution in [2.75, 3.05) is 0 Å². The van der Waals surface area contributed by atoms with Crippen molar-refractivity contribution in [3.05, 3.63) is 30.1 Å². The quantitative estimate of drug-likeness (QED) is 0.552. The lowest BCUT2D eigenvalue weighted by molar-refractivity contribution is 0.925. The van der Waals surface area contributed by atoms with E-state index in [1.165, 1.54) is 0 Å². The maximum atomic E-state index is 4.39. The molecule has 0 radical (unpaired) electrons. The van der Waals surface area contributed by atoms with E-state index in [9.17, 15) is 0 Å². The zero-order chi connectivity index (χ0) is 9.26. The Hall–Kier alpha value is -1.75. The SMILES string of the molecule is CC#Cc1nc2ccccc2n1C. The molecule has 0 spiro atoms. The molecular weight excluding hydrogens is 160 g/mol. The topological polar surface area (TPSA) is 17.8 Å². The lowest BCUT2D eigenvalue weighted by Crippen LogP contribution is -1.91. The van der Waals surface area contributed by atoms with Crippen LogP contribution in [-0.2, 0) is 7.05 Å². The van der Waals surface area contributed by atoms with Gasteiger partial charge in [-0.2, -0.15) is 0 Å². The molecule has 0 aliphatic carbocycles. The maximum Gasteiger partial charge on any atom is 0.186 e. The summed E-state index contributed by atoms with van der Waals surface area (Å²) in [5.74, 6) is 6.64. The number of fused-ring (bicyclic) bond motifs is 1. The van der Waals surface area contributed by atoms with Crippen LogP contribution in [0.4, 0.5) is 0 Å². The van der Waals surface area contributed by atoms with E-state index in [0.717, 1.165) is 16.9 Å². The average molecular weight is 170 g/mol. The van der Waals surface area contributed by atoms with E-state index >= 15 is 0 Å². The summed E-state index contributed by atoms with van der Waals surface area (Å²) in [4.78, 5) is 4.39. The normalized spacial score (nSPS) is 9.69. The third kappa shape index (κ3) is 1.19. The number of aryl methyl sites for hydroxylation is 1. The van der Waals surface area contributed by atoms with E-state index in [0.29, 0.717) is 0 Å². The number of para-hydroxylation sites is 2. The lowest BCUT2D eigenvalue weighted by Gasteiger charge is -1.93. The minimum atomic E-state index is 0.823. The number of rotatable bonds is 0. The van der Waals surface area contributed by atoms with E-state index < -0.39 is 0 Å². The fourth-order valence-electron chi connectivity index (χ4n) is 1.37. The van der Waals surface area contributed by atoms with Crippen molar-refractivity contribution in [3.8, 4) is 11.8 Å². The van der Waals surface area contributed by atoms with Crippen LogP contribution in [0.1, 0.15) is 12.7 Å². The van der Waals surface area contributed by atoms with Gasteiger partial charge in [0.05, 0.1) is 11.0 Å². The number of benzene rings is 1. The Morgan fingerprint density at radius 2 is 2.08 bits per heavy atom. The maximum absolute atomic E-state index is 4.39. The molecule has 0 N–H and O–H groups in total. The zero-order valence-electron chi connectivity index (χ0n) is 7.70. The van der Waals surface area contributed by atoms with E-state index in [1.807, 2.05) is 42.8 Å². The van der Waals surface area contributed by atoms with Gasteiger partial charge in [-0.15, -0.1) is 0 Å². The molecule has 0 fully saturated rings. The monoisotopic (exact) mass is 170 g/mol. The van der Waals surface area contributed by atoms with Crippen molar-refractivity contribution < 1.29 is 0 Å². The van der Waals surface area contributed by atoms with Crippen molar-refractivity contribution in [2.45, 2.75) is 6.92 Å². The van der Waals surface area contributed by atoms with Crippen LogP contribution >= 0.6 is 0 Å². The third-order valence-corrected chi connectivity index (χ3v) is 2.02. The highest BCUT2D eigenvalue weighted by atomic mass is 15.0. The standard InChI is InChI=1S/C11H10N2/c1-3-6-11-12-9-7-4-5-8-10(9)13(11)2/h4-5,7-8H,1-2H3. The Morgan fingerprint density at radius 3 is 2.77 bits per heavy atom. The van der Waals surface area contributed by atoms with Crippen LogP contribution in [0.25, 0.3) is 11.0 Å². The number of aromatic nitrogens is 2. The predicted molar refractivity (Wildman–Crippen MR) is 53.3 cm³/mol. The summed E-state index contributed by atoms with van der Waals surface area (Å²) in [5.41, 5.74) is 2.13. The molecule has 2 nitrogen and oxygen atoms in total. The molecule has 2 rings (SSSR count). The highest BCUT2D eigenvalue weighted by Gasteiger charge is 2.02. The fraction of sp³-hybridized carbons (Fsp3) is 0.182. The van der Waals surface area contributed by atoms with Gasteiger partial charge < -0.3 is 4.57 Å². The molecule has 1 heterocycles. The predicted octanol–water partition coefficient (Wildman–Crippen LogP) is 1.94. The van der Waals surface area contributed by atoms with Crippen LogP contribution in [0.2, 0.25) is 0 Å². The van der Waals surface area contributed by atoms with Crippen molar-refractivity contribution in [1.29, 1.82) is 0 Å². The summed E-state index contributed by atoms with van der Waals surface area (Å²) in [5, 5.41) is 0. The summed E-state index contributed by atoms with van der Waals surface area (Å²) in [6, 6.07) is 8.03. The first-order valence-electron chi connectivity index (χ1n) is 4.17. The molecule has 13 heavy (non-hydrogen) atoms. The van der Waals surface area contributed by atoms with E-state index in [2.05, 4.69) is 16.8 Å². The first kappa shape index (κ1) is 7.88. The molecule has 0 amide bonds. The second-order valence-corrected chi connectivity index (χ2v) is 2.86. The molecule has 0 aliphatic rings. The van der Waals surface area contributed by atoms with E-state index in [-0.39, 0.29) is 0 Å². The molecule has 1 aromatic heterocycles. The molecule has 0 bridgehead atoms. The second kappa shape index (κ2) is 2.95. The molecule has 0 atom stereocenters. The Morgan fingerprint density at radius 1 is 1.31 bits per heavy atom. The highest BCUT2D eigenvalue weighted by Crippen LogP contribution is 2.12. The smallest absolute Gasteiger partial charge is 0.186 e. The van der Waals surface area contributed by atoms with Gasteiger partial charge in [0.1, 0.15) is 0 Å². The van der Waals surface area contributed by atoms with Gasteiger partial charge in [-0.3, -0.25) is 0 Å². The van der Waals surface area contributed by atoms with Crippen LogP contribution < -0.4 is 0 Å². The average Bonchev–Trinajstić information content (AvgIpc) is 2.46. The van der Waals surface area contributed by atoms with Gasteiger partial charge in [-0.1, -0.05) is 18.1 Å². The van der Waals surface area contributed by atoms with E-state index in [4.69, 9.17) is 0 Å². The molecule has 0 saturated carbocycles. The van der Waals surface area contributed by atoms with Crippen molar-refractivity contribution >= 4 is 11.0 Å². The van der Waals surface area contributed by atoms with Crippen molar-refractivity contribution in [2.24, 2.45) is 7.05 Å². The van der Waals surface area contributed by atoms with Gasteiger partial charge in [-0.05, 0) is 25.0 Å². The Balaban J connectivity index is 2.78.